The van der Waals surface area contributed by atoms with Gasteiger partial charge in [0.1, 0.15) is 5.69 Å². The molecule has 236 valence electrons. The lowest BCUT2D eigenvalue weighted by atomic mass is 9.96. The van der Waals surface area contributed by atoms with Gasteiger partial charge in [0, 0.05) is 29.6 Å². The molecule has 0 heterocycles. The molecule has 44 heavy (non-hydrogen) atoms. The van der Waals surface area contributed by atoms with Gasteiger partial charge in [0.25, 0.3) is 5.96 Å². The van der Waals surface area contributed by atoms with Crippen LogP contribution in [0.15, 0.2) is 84.9 Å². The number of carboxylic acid groups (broad SMARTS) is 1. The van der Waals surface area contributed by atoms with Crippen LogP contribution in [0, 0.1) is 11.3 Å². The highest BCUT2D eigenvalue weighted by Gasteiger charge is 2.29. The SMILES string of the molecule is CC(C(=O)[O-])c1cccc(C(=O)c2ccccc2)c1.CCCCC(CC)CNC(=N)N(C(N(C)C)=[N+](C)C)c1ccccc1. The Balaban J connectivity index is 0.000000317. The standard InChI is InChI=1S/C20H36N5.C16H14O3/c1-7-9-13-17(8-2)16-22-19(21)25(18-14-11-10-12-15-18)20(23(3)4)24(5)6;1-11(16(18)19)13-8-5-9-14(10-13)15(17)12-6-3-2-4-7-12/h10-12,14-15,17H,7-9,13,16H2,1-6H3,(H2,21,22);2-11H,1H3,(H,18,19)/q+1;/p-1. The predicted octanol–water partition coefficient (Wildman–Crippen LogP) is 5.19. The molecule has 0 aromatic heterocycles. The Morgan fingerprint density at radius 3 is 2.02 bits per heavy atom. The highest BCUT2D eigenvalue weighted by Crippen LogP contribution is 2.19. The van der Waals surface area contributed by atoms with Gasteiger partial charge in [-0.3, -0.25) is 19.7 Å². The normalized spacial score (nSPS) is 11.7. The van der Waals surface area contributed by atoms with E-state index in [9.17, 15) is 14.7 Å². The Labute approximate surface area is 263 Å². The molecule has 0 aliphatic rings. The first-order valence-corrected chi connectivity index (χ1v) is 15.3. The first-order chi connectivity index (χ1) is 21.0. The quantitative estimate of drug-likeness (QED) is 0.136. The summed E-state index contributed by atoms with van der Waals surface area (Å²) in [5.41, 5.74) is 2.62. The van der Waals surface area contributed by atoms with Gasteiger partial charge in [-0.1, -0.05) is 107 Å². The van der Waals surface area contributed by atoms with Crippen LogP contribution in [0.25, 0.3) is 0 Å². The van der Waals surface area contributed by atoms with E-state index in [-0.39, 0.29) is 5.78 Å². The van der Waals surface area contributed by atoms with Crippen LogP contribution in [0.5, 0.6) is 0 Å². The van der Waals surface area contributed by atoms with E-state index >= 15 is 0 Å². The zero-order valence-corrected chi connectivity index (χ0v) is 27.3. The number of carbonyl (C=O) groups excluding carboxylic acids is 2. The average molecular weight is 600 g/mol. The number of anilines is 1. The predicted molar refractivity (Wildman–Crippen MR) is 178 cm³/mol. The Kier molecular flexibility index (Phi) is 14.8. The van der Waals surface area contributed by atoms with Crippen LogP contribution in [-0.2, 0) is 4.79 Å². The second-order valence-electron chi connectivity index (χ2n) is 11.3. The first kappa shape index (κ1) is 35.7. The van der Waals surface area contributed by atoms with E-state index in [0.717, 1.165) is 24.6 Å². The van der Waals surface area contributed by atoms with Crippen molar-refractivity contribution in [3.63, 3.8) is 0 Å². The van der Waals surface area contributed by atoms with Crippen molar-refractivity contribution >= 4 is 29.4 Å². The van der Waals surface area contributed by atoms with Gasteiger partial charge < -0.3 is 15.2 Å². The minimum Gasteiger partial charge on any atom is -0.550 e. The second kappa shape index (κ2) is 18.3. The summed E-state index contributed by atoms with van der Waals surface area (Å²) in [6.07, 6.45) is 4.84. The summed E-state index contributed by atoms with van der Waals surface area (Å²) in [5.74, 6) is -0.0234. The zero-order valence-electron chi connectivity index (χ0n) is 27.3. The number of benzene rings is 3. The largest absolute Gasteiger partial charge is 0.550 e. The fraction of sp³-hybridized carbons (Fsp3) is 0.389. The fourth-order valence-electron chi connectivity index (χ4n) is 4.83. The topological polar surface area (TPSA) is 103 Å². The lowest BCUT2D eigenvalue weighted by Gasteiger charge is -2.26. The second-order valence-corrected chi connectivity index (χ2v) is 11.3. The van der Waals surface area contributed by atoms with Crippen LogP contribution in [0.4, 0.5) is 5.69 Å². The third-order valence-electron chi connectivity index (χ3n) is 7.38. The smallest absolute Gasteiger partial charge is 0.362 e. The third kappa shape index (κ3) is 10.7. The monoisotopic (exact) mass is 599 g/mol. The lowest BCUT2D eigenvalue weighted by molar-refractivity contribution is -0.470. The van der Waals surface area contributed by atoms with Gasteiger partial charge in [0.05, 0.1) is 28.2 Å². The van der Waals surface area contributed by atoms with Crippen LogP contribution in [0.3, 0.4) is 0 Å². The van der Waals surface area contributed by atoms with Crippen LogP contribution < -0.4 is 15.3 Å². The van der Waals surface area contributed by atoms with Gasteiger partial charge in [-0.15, -0.1) is 0 Å². The number of nitrogens with one attached hydrogen (secondary N) is 2. The third-order valence-corrected chi connectivity index (χ3v) is 7.38. The van der Waals surface area contributed by atoms with Crippen LogP contribution in [0.1, 0.15) is 73.9 Å². The number of ketones is 1. The number of para-hydroxylation sites is 1. The van der Waals surface area contributed by atoms with E-state index in [4.69, 9.17) is 5.41 Å². The number of aliphatic carboxylic acids is 1. The van der Waals surface area contributed by atoms with Crippen molar-refractivity contribution in [1.29, 1.82) is 5.41 Å². The minimum absolute atomic E-state index is 0.118. The number of hydrogen-bond acceptors (Lipinski definition) is 4. The summed E-state index contributed by atoms with van der Waals surface area (Å²) in [7, 11) is 8.03. The Morgan fingerprint density at radius 1 is 0.909 bits per heavy atom. The number of carbonyl (C=O) groups is 2. The highest BCUT2D eigenvalue weighted by atomic mass is 16.4. The minimum atomic E-state index is -1.15. The van der Waals surface area contributed by atoms with Crippen molar-refractivity contribution < 1.29 is 19.3 Å². The summed E-state index contributed by atoms with van der Waals surface area (Å²) in [5, 5.41) is 22.9. The summed E-state index contributed by atoms with van der Waals surface area (Å²) >= 11 is 0. The molecular weight excluding hydrogens is 550 g/mol. The Morgan fingerprint density at radius 2 is 1.50 bits per heavy atom. The molecule has 3 aromatic rings. The van der Waals surface area contributed by atoms with E-state index < -0.39 is 11.9 Å². The maximum atomic E-state index is 12.2. The molecule has 0 fully saturated rings. The lowest BCUT2D eigenvalue weighted by Crippen LogP contribution is -2.53. The number of hydrogen-bond donors (Lipinski definition) is 2. The van der Waals surface area contributed by atoms with Crippen molar-refractivity contribution in [2.75, 3.05) is 39.6 Å². The van der Waals surface area contributed by atoms with Crippen molar-refractivity contribution in [3.8, 4) is 0 Å². The molecule has 0 spiro atoms. The first-order valence-electron chi connectivity index (χ1n) is 15.3. The van der Waals surface area contributed by atoms with Gasteiger partial charge in [0.2, 0.25) is 0 Å². The molecule has 8 heteroatoms. The molecule has 2 N–H and O–H groups in total. The van der Waals surface area contributed by atoms with Gasteiger partial charge in [-0.05, 0) is 36.1 Å². The van der Waals surface area contributed by atoms with Gasteiger partial charge in [-0.25, -0.2) is 0 Å². The van der Waals surface area contributed by atoms with Crippen molar-refractivity contribution in [3.05, 3.63) is 102 Å². The number of guanidine groups is 2. The Hall–Kier alpha value is -4.46. The zero-order chi connectivity index (χ0) is 32.6. The van der Waals surface area contributed by atoms with E-state index in [1.54, 1.807) is 55.5 Å². The van der Waals surface area contributed by atoms with E-state index in [2.05, 4.69) is 19.2 Å². The maximum Gasteiger partial charge on any atom is 0.362 e. The molecule has 0 amide bonds. The van der Waals surface area contributed by atoms with E-state index in [1.807, 2.05) is 79.0 Å². The molecule has 0 bridgehead atoms. The molecule has 2 unspecified atom stereocenters. The van der Waals surface area contributed by atoms with Crippen LogP contribution in [0.2, 0.25) is 0 Å². The molecule has 0 saturated carbocycles. The summed E-state index contributed by atoms with van der Waals surface area (Å²) in [4.78, 5) is 27.1. The van der Waals surface area contributed by atoms with Crippen molar-refractivity contribution in [1.82, 2.24) is 10.2 Å². The summed E-state index contributed by atoms with van der Waals surface area (Å²) < 4.78 is 2.04. The average Bonchev–Trinajstić information content (AvgIpc) is 3.03. The molecule has 0 saturated heterocycles. The number of unbranched alkanes of at least 4 members (excludes halogenated alkanes) is 1. The van der Waals surface area contributed by atoms with Gasteiger partial charge in [-0.2, -0.15) is 4.90 Å². The molecule has 3 rings (SSSR count). The highest BCUT2D eigenvalue weighted by molar-refractivity contribution is 6.14. The van der Waals surface area contributed by atoms with Crippen LogP contribution in [-0.4, -0.2) is 67.9 Å². The van der Waals surface area contributed by atoms with E-state index in [0.29, 0.717) is 28.6 Å². The number of nitrogens with zero attached hydrogens (tertiary/aromatic N) is 3. The van der Waals surface area contributed by atoms with E-state index in [1.165, 1.54) is 19.3 Å². The molecule has 0 aliphatic heterocycles. The summed E-state index contributed by atoms with van der Waals surface area (Å²) in [6.45, 7) is 6.85. The maximum absolute atomic E-state index is 12.2. The molecule has 3 aromatic carbocycles. The molecule has 0 radical (unpaired) electrons. The fourth-order valence-corrected chi connectivity index (χ4v) is 4.83. The molecule has 0 aliphatic carbocycles. The number of carboxylic acids is 1. The van der Waals surface area contributed by atoms with Crippen molar-refractivity contribution in [2.24, 2.45) is 5.92 Å². The van der Waals surface area contributed by atoms with Gasteiger partial charge in [0.15, 0.2) is 5.78 Å². The summed E-state index contributed by atoms with van der Waals surface area (Å²) in [6, 6.07) is 25.6. The van der Waals surface area contributed by atoms with Gasteiger partial charge >= 0.3 is 5.96 Å². The van der Waals surface area contributed by atoms with Crippen LogP contribution >= 0.6 is 0 Å². The Bertz CT molecular complexity index is 1370. The molecular formula is C36H49N5O3. The molecule has 8 nitrogen and oxygen atoms in total. The molecule has 2 atom stereocenters. The van der Waals surface area contributed by atoms with Crippen molar-refractivity contribution in [2.45, 2.75) is 52.4 Å². The number of rotatable bonds is 11.